The number of amides is 1. The van der Waals surface area contributed by atoms with Crippen LogP contribution in [0, 0.1) is 0 Å². The van der Waals surface area contributed by atoms with Gasteiger partial charge in [0.2, 0.25) is 5.91 Å². The van der Waals surface area contributed by atoms with Gasteiger partial charge in [-0.1, -0.05) is 60.7 Å². The van der Waals surface area contributed by atoms with Gasteiger partial charge < -0.3 is 5.32 Å². The van der Waals surface area contributed by atoms with Gasteiger partial charge in [0.05, 0.1) is 0 Å². The van der Waals surface area contributed by atoms with E-state index in [1.165, 1.54) is 21.5 Å². The number of hydrogen-bond acceptors (Lipinski definition) is 1. The predicted octanol–water partition coefficient (Wildman–Crippen LogP) is 5.10. The second kappa shape index (κ2) is 4.85. The number of fused-ring (bicyclic) bond motifs is 5. The molecule has 0 aliphatic heterocycles. The summed E-state index contributed by atoms with van der Waals surface area (Å²) < 4.78 is 0. The summed E-state index contributed by atoms with van der Waals surface area (Å²) in [5.74, 6) is -0.0512. The summed E-state index contributed by atoms with van der Waals surface area (Å²) in [5, 5.41) is 9.99. The summed E-state index contributed by atoms with van der Waals surface area (Å²) in [4.78, 5) is 11.5. The molecule has 0 spiro atoms. The van der Waals surface area contributed by atoms with Gasteiger partial charge in [0, 0.05) is 18.0 Å². The maximum Gasteiger partial charge on any atom is 0.221 e. The van der Waals surface area contributed by atoms with Crippen molar-refractivity contribution in [3.05, 3.63) is 66.7 Å². The quantitative estimate of drug-likeness (QED) is 0.484. The van der Waals surface area contributed by atoms with Crippen LogP contribution in [-0.2, 0) is 4.79 Å². The van der Waals surface area contributed by atoms with E-state index >= 15 is 0 Å². The summed E-state index contributed by atoms with van der Waals surface area (Å²) in [6.45, 7) is 1.54. The minimum atomic E-state index is -0.0512. The number of carbonyl (C=O) groups is 1. The van der Waals surface area contributed by atoms with Gasteiger partial charge in [-0.05, 0) is 33.0 Å². The second-order valence-corrected chi connectivity index (χ2v) is 5.53. The molecule has 0 bridgehead atoms. The van der Waals surface area contributed by atoms with Gasteiger partial charge >= 0.3 is 0 Å². The van der Waals surface area contributed by atoms with Crippen molar-refractivity contribution in [2.45, 2.75) is 6.92 Å². The first-order valence-electron chi connectivity index (χ1n) is 7.35. The first kappa shape index (κ1) is 12.8. The number of benzene rings is 4. The van der Waals surface area contributed by atoms with Crippen molar-refractivity contribution in [3.63, 3.8) is 0 Å². The number of anilines is 1. The average molecular weight is 285 g/mol. The molecule has 2 heteroatoms. The highest BCUT2D eigenvalue weighted by atomic mass is 16.1. The van der Waals surface area contributed by atoms with Gasteiger partial charge in [0.25, 0.3) is 0 Å². The SMILES string of the molecule is CC(=O)Nc1cc2c3ccccc3ccc2c2ccccc12. The van der Waals surface area contributed by atoms with Gasteiger partial charge in [-0.2, -0.15) is 0 Å². The van der Waals surface area contributed by atoms with E-state index in [-0.39, 0.29) is 5.91 Å². The summed E-state index contributed by atoms with van der Waals surface area (Å²) >= 11 is 0. The lowest BCUT2D eigenvalue weighted by Crippen LogP contribution is -2.06. The molecule has 0 saturated carbocycles. The minimum absolute atomic E-state index is 0.0512. The van der Waals surface area contributed by atoms with Crippen LogP contribution in [-0.4, -0.2) is 5.91 Å². The molecule has 0 radical (unpaired) electrons. The second-order valence-electron chi connectivity index (χ2n) is 5.53. The zero-order chi connectivity index (χ0) is 15.1. The van der Waals surface area contributed by atoms with E-state index in [0.717, 1.165) is 16.5 Å². The van der Waals surface area contributed by atoms with Crippen LogP contribution in [0.15, 0.2) is 66.7 Å². The van der Waals surface area contributed by atoms with E-state index < -0.39 is 0 Å². The van der Waals surface area contributed by atoms with Crippen molar-refractivity contribution in [1.82, 2.24) is 0 Å². The molecule has 106 valence electrons. The van der Waals surface area contributed by atoms with Crippen LogP contribution < -0.4 is 5.32 Å². The zero-order valence-corrected chi connectivity index (χ0v) is 12.3. The van der Waals surface area contributed by atoms with E-state index in [9.17, 15) is 4.79 Å². The highest BCUT2D eigenvalue weighted by molar-refractivity contribution is 6.21. The number of hydrogen-bond donors (Lipinski definition) is 1. The maximum atomic E-state index is 11.5. The molecular weight excluding hydrogens is 270 g/mol. The first-order chi connectivity index (χ1) is 10.7. The van der Waals surface area contributed by atoms with Crippen molar-refractivity contribution in [3.8, 4) is 0 Å². The molecule has 22 heavy (non-hydrogen) atoms. The van der Waals surface area contributed by atoms with E-state index in [0.29, 0.717) is 0 Å². The van der Waals surface area contributed by atoms with E-state index in [1.807, 2.05) is 18.2 Å². The third kappa shape index (κ3) is 1.92. The Kier molecular flexibility index (Phi) is 2.83. The number of nitrogens with one attached hydrogen (secondary N) is 1. The molecule has 2 nitrogen and oxygen atoms in total. The topological polar surface area (TPSA) is 29.1 Å². The fourth-order valence-electron chi connectivity index (χ4n) is 3.15. The smallest absolute Gasteiger partial charge is 0.221 e. The van der Waals surface area contributed by atoms with Crippen molar-refractivity contribution < 1.29 is 4.79 Å². The highest BCUT2D eigenvalue weighted by Crippen LogP contribution is 2.35. The molecule has 4 aromatic rings. The summed E-state index contributed by atoms with van der Waals surface area (Å²) in [6.07, 6.45) is 0. The van der Waals surface area contributed by atoms with Crippen LogP contribution in [0.1, 0.15) is 6.92 Å². The Morgan fingerprint density at radius 3 is 2.14 bits per heavy atom. The Hall–Kier alpha value is -2.87. The monoisotopic (exact) mass is 285 g/mol. The average Bonchev–Trinajstić information content (AvgIpc) is 2.54. The summed E-state index contributed by atoms with van der Waals surface area (Å²) in [6, 6.07) is 22.9. The molecule has 0 aliphatic rings. The fourth-order valence-corrected chi connectivity index (χ4v) is 3.15. The van der Waals surface area contributed by atoms with E-state index in [2.05, 4.69) is 53.8 Å². The lowest BCUT2D eigenvalue weighted by molar-refractivity contribution is -0.114. The molecule has 0 heterocycles. The largest absolute Gasteiger partial charge is 0.326 e. The molecule has 4 rings (SSSR count). The molecule has 0 fully saturated rings. The standard InChI is InChI=1S/C20H15NO/c1-13(22)21-20-12-19-15-7-3-2-6-14(15)10-11-17(19)16-8-4-5-9-18(16)20/h2-12H,1H3,(H,21,22). The van der Waals surface area contributed by atoms with Crippen LogP contribution in [0.25, 0.3) is 32.3 Å². The van der Waals surface area contributed by atoms with Gasteiger partial charge in [-0.25, -0.2) is 0 Å². The predicted molar refractivity (Wildman–Crippen MR) is 93.3 cm³/mol. The zero-order valence-electron chi connectivity index (χ0n) is 12.3. The van der Waals surface area contributed by atoms with Crippen LogP contribution in [0.5, 0.6) is 0 Å². The van der Waals surface area contributed by atoms with Crippen molar-refractivity contribution in [1.29, 1.82) is 0 Å². The van der Waals surface area contributed by atoms with Crippen LogP contribution in [0.3, 0.4) is 0 Å². The molecule has 4 aromatic carbocycles. The first-order valence-corrected chi connectivity index (χ1v) is 7.35. The Bertz CT molecular complexity index is 1030. The fraction of sp³-hybridized carbons (Fsp3) is 0.0500. The highest BCUT2D eigenvalue weighted by Gasteiger charge is 2.09. The lowest BCUT2D eigenvalue weighted by atomic mass is 9.96. The normalized spacial score (nSPS) is 11.1. The molecule has 1 amide bonds. The molecule has 0 saturated heterocycles. The molecular formula is C20H15NO. The van der Waals surface area contributed by atoms with E-state index in [1.54, 1.807) is 6.92 Å². The summed E-state index contributed by atoms with van der Waals surface area (Å²) in [5.41, 5.74) is 0.868. The molecule has 0 aromatic heterocycles. The van der Waals surface area contributed by atoms with Crippen molar-refractivity contribution in [2.75, 3.05) is 5.32 Å². The Morgan fingerprint density at radius 1 is 0.727 bits per heavy atom. The minimum Gasteiger partial charge on any atom is -0.326 e. The lowest BCUT2D eigenvalue weighted by Gasteiger charge is -2.12. The molecule has 0 aliphatic carbocycles. The van der Waals surface area contributed by atoms with Crippen LogP contribution in [0.4, 0.5) is 5.69 Å². The molecule has 1 N–H and O–H groups in total. The Morgan fingerprint density at radius 2 is 1.36 bits per heavy atom. The molecule has 0 atom stereocenters. The van der Waals surface area contributed by atoms with Gasteiger partial charge in [-0.3, -0.25) is 4.79 Å². The Balaban J connectivity index is 2.21. The maximum absolute atomic E-state index is 11.5. The van der Waals surface area contributed by atoms with Gasteiger partial charge in [-0.15, -0.1) is 0 Å². The third-order valence-electron chi connectivity index (χ3n) is 4.08. The Labute approximate surface area is 128 Å². The van der Waals surface area contributed by atoms with Gasteiger partial charge in [0.1, 0.15) is 0 Å². The third-order valence-corrected chi connectivity index (χ3v) is 4.08. The number of carbonyl (C=O) groups excluding carboxylic acids is 1. The van der Waals surface area contributed by atoms with Crippen LogP contribution in [0.2, 0.25) is 0 Å². The van der Waals surface area contributed by atoms with Crippen LogP contribution >= 0.6 is 0 Å². The number of rotatable bonds is 1. The van der Waals surface area contributed by atoms with E-state index in [4.69, 9.17) is 0 Å². The summed E-state index contributed by atoms with van der Waals surface area (Å²) in [7, 11) is 0. The van der Waals surface area contributed by atoms with Crippen molar-refractivity contribution in [2.24, 2.45) is 0 Å². The van der Waals surface area contributed by atoms with Gasteiger partial charge in [0.15, 0.2) is 0 Å². The molecule has 0 unspecified atom stereocenters. The van der Waals surface area contributed by atoms with Crippen molar-refractivity contribution >= 4 is 43.9 Å².